The van der Waals surface area contributed by atoms with Gasteiger partial charge in [-0.1, -0.05) is 153 Å². The largest absolute Gasteiger partial charge is 0.271 e. The fraction of sp³-hybridized carbons (Fsp3) is 0.373. The summed E-state index contributed by atoms with van der Waals surface area (Å²) in [4.78, 5) is 60.4. The van der Waals surface area contributed by atoms with Crippen LogP contribution in [0.5, 0.6) is 0 Å². The van der Waals surface area contributed by atoms with Gasteiger partial charge < -0.3 is 0 Å². The molecule has 2 heterocycles. The van der Waals surface area contributed by atoms with Crippen molar-refractivity contribution in [1.82, 2.24) is 4.90 Å². The zero-order valence-electron chi connectivity index (χ0n) is 33.6. The number of hydrogen-bond acceptors (Lipinski definition) is 4. The molecular weight excluding hydrogens is 705 g/mol. The number of carbonyl (C=O) groups excluding carboxylic acids is 4. The number of hydrogen-bond donors (Lipinski definition) is 0. The third-order valence-corrected chi connectivity index (χ3v) is 12.7. The summed E-state index contributed by atoms with van der Waals surface area (Å²) in [6.07, 6.45) is 20.1. The van der Waals surface area contributed by atoms with Crippen LogP contribution in [0.1, 0.15) is 164 Å². The topological polar surface area (TPSA) is 74.8 Å². The van der Waals surface area contributed by atoms with Crippen LogP contribution in [0, 0.1) is 0 Å². The molecule has 8 rings (SSSR count). The van der Waals surface area contributed by atoms with Gasteiger partial charge in [0.15, 0.2) is 0 Å². The molecule has 0 aromatic heterocycles. The normalized spacial score (nSPS) is 14.2. The molecular formula is C51H54N2O4. The van der Waals surface area contributed by atoms with Crippen LogP contribution in [0.2, 0.25) is 0 Å². The molecule has 6 nitrogen and oxygen atoms in total. The molecule has 0 unspecified atom stereocenters. The number of fused-ring (bicyclic) bond motifs is 2. The minimum absolute atomic E-state index is 0.127. The van der Waals surface area contributed by atoms with Gasteiger partial charge in [-0.25, -0.2) is 4.90 Å². The number of imide groups is 2. The summed E-state index contributed by atoms with van der Waals surface area (Å²) in [6, 6.07) is 22.5. The smallest absolute Gasteiger partial charge is 0.265 e. The first-order valence-corrected chi connectivity index (χ1v) is 21.6. The van der Waals surface area contributed by atoms with Gasteiger partial charge in [-0.3, -0.25) is 24.1 Å². The summed E-state index contributed by atoms with van der Waals surface area (Å²) in [6.45, 7) is 8.29. The number of benzene rings is 6. The van der Waals surface area contributed by atoms with Crippen molar-refractivity contribution in [2.24, 2.45) is 0 Å². The van der Waals surface area contributed by atoms with Crippen LogP contribution in [-0.4, -0.2) is 34.6 Å². The van der Waals surface area contributed by atoms with Crippen molar-refractivity contribution in [3.63, 3.8) is 0 Å². The summed E-state index contributed by atoms with van der Waals surface area (Å²) in [5, 5.41) is 6.69. The van der Waals surface area contributed by atoms with E-state index in [1.807, 2.05) is 60.7 Å². The molecule has 0 atom stereocenters. The first kappa shape index (κ1) is 38.5. The third kappa shape index (κ3) is 6.81. The van der Waals surface area contributed by atoms with E-state index in [2.05, 4.69) is 20.4 Å². The Balaban J connectivity index is 1.15. The minimum Gasteiger partial charge on any atom is -0.271 e. The SMILES string of the molecule is C=Cc1ccc(N2C(=O)c3ccc4c5ccc6c7c(ccc(c8ccc(c3c48)C2=O)c75)C(=O)N(C(CCCCCCCCC)CCCCCCCCC)C6=O)cc1. The van der Waals surface area contributed by atoms with Crippen molar-refractivity contribution in [2.45, 2.75) is 123 Å². The van der Waals surface area contributed by atoms with E-state index in [0.29, 0.717) is 38.7 Å². The van der Waals surface area contributed by atoms with Gasteiger partial charge in [0.2, 0.25) is 0 Å². The lowest BCUT2D eigenvalue weighted by Gasteiger charge is -2.35. The van der Waals surface area contributed by atoms with E-state index in [1.54, 1.807) is 23.1 Å². The highest BCUT2D eigenvalue weighted by atomic mass is 16.2. The molecule has 6 aromatic rings. The maximum absolute atomic E-state index is 14.6. The van der Waals surface area contributed by atoms with E-state index in [0.717, 1.165) is 76.4 Å². The van der Waals surface area contributed by atoms with Gasteiger partial charge in [0, 0.05) is 39.1 Å². The molecule has 0 aliphatic carbocycles. The minimum atomic E-state index is -0.363. The lowest BCUT2D eigenvalue weighted by atomic mass is 9.82. The zero-order chi connectivity index (χ0) is 39.6. The number of unbranched alkanes of at least 4 members (excludes halogenated alkanes) is 12. The fourth-order valence-corrected chi connectivity index (χ4v) is 9.69. The quantitative estimate of drug-likeness (QED) is 0.0357. The third-order valence-electron chi connectivity index (χ3n) is 12.7. The van der Waals surface area contributed by atoms with Crippen LogP contribution in [0.4, 0.5) is 5.69 Å². The first-order chi connectivity index (χ1) is 27.9. The van der Waals surface area contributed by atoms with Gasteiger partial charge in [0.05, 0.1) is 5.69 Å². The fourth-order valence-electron chi connectivity index (χ4n) is 9.69. The van der Waals surface area contributed by atoms with Gasteiger partial charge >= 0.3 is 0 Å². The maximum atomic E-state index is 14.6. The van der Waals surface area contributed by atoms with E-state index >= 15 is 0 Å². The number of carbonyl (C=O) groups is 4. The molecule has 0 fully saturated rings. The number of nitrogens with zero attached hydrogens (tertiary/aromatic N) is 2. The van der Waals surface area contributed by atoms with Crippen molar-refractivity contribution in [1.29, 1.82) is 0 Å². The van der Waals surface area contributed by atoms with Crippen LogP contribution >= 0.6 is 0 Å². The van der Waals surface area contributed by atoms with Gasteiger partial charge in [0.1, 0.15) is 0 Å². The molecule has 0 N–H and O–H groups in total. The Morgan fingerprint density at radius 2 is 0.825 bits per heavy atom. The van der Waals surface area contributed by atoms with Gasteiger partial charge in [-0.05, 0) is 87.1 Å². The van der Waals surface area contributed by atoms with Crippen LogP contribution in [0.3, 0.4) is 0 Å². The van der Waals surface area contributed by atoms with E-state index < -0.39 is 0 Å². The van der Waals surface area contributed by atoms with Crippen LogP contribution < -0.4 is 4.90 Å². The Kier molecular flexibility index (Phi) is 11.2. The van der Waals surface area contributed by atoms with Crippen molar-refractivity contribution in [3.05, 3.63) is 107 Å². The molecule has 2 aliphatic rings. The molecule has 2 aliphatic heterocycles. The van der Waals surface area contributed by atoms with E-state index in [1.165, 1.54) is 69.1 Å². The molecule has 0 spiro atoms. The number of amides is 4. The van der Waals surface area contributed by atoms with Gasteiger partial charge in [-0.15, -0.1) is 0 Å². The predicted octanol–water partition coefficient (Wildman–Crippen LogP) is 13.4. The molecule has 6 heteroatoms. The van der Waals surface area contributed by atoms with Crippen molar-refractivity contribution in [3.8, 4) is 0 Å². The molecule has 4 amide bonds. The molecule has 0 radical (unpaired) electrons. The summed E-state index contributed by atoms with van der Waals surface area (Å²) >= 11 is 0. The summed E-state index contributed by atoms with van der Waals surface area (Å²) in [5.41, 5.74) is 3.51. The van der Waals surface area contributed by atoms with Crippen LogP contribution in [0.25, 0.3) is 49.2 Å². The van der Waals surface area contributed by atoms with Crippen LogP contribution in [-0.2, 0) is 0 Å². The van der Waals surface area contributed by atoms with Crippen molar-refractivity contribution in [2.75, 3.05) is 4.90 Å². The molecule has 0 bridgehead atoms. The summed E-state index contributed by atoms with van der Waals surface area (Å²) in [7, 11) is 0. The molecule has 0 saturated heterocycles. The zero-order valence-corrected chi connectivity index (χ0v) is 33.6. The molecule has 6 aromatic carbocycles. The predicted molar refractivity (Wildman–Crippen MR) is 235 cm³/mol. The summed E-state index contributed by atoms with van der Waals surface area (Å²) in [5.74, 6) is -1.11. The van der Waals surface area contributed by atoms with E-state index in [9.17, 15) is 19.2 Å². The van der Waals surface area contributed by atoms with Gasteiger partial charge in [-0.2, -0.15) is 0 Å². The average Bonchev–Trinajstić information content (AvgIpc) is 3.23. The first-order valence-electron chi connectivity index (χ1n) is 21.6. The average molecular weight is 759 g/mol. The number of rotatable bonds is 19. The monoisotopic (exact) mass is 758 g/mol. The molecule has 292 valence electrons. The van der Waals surface area contributed by atoms with Crippen LogP contribution in [0.15, 0.2) is 79.4 Å². The summed E-state index contributed by atoms with van der Waals surface area (Å²) < 4.78 is 0. The van der Waals surface area contributed by atoms with Crippen molar-refractivity contribution >= 4 is 78.5 Å². The second-order valence-corrected chi connectivity index (χ2v) is 16.3. The number of anilines is 1. The Labute approximate surface area is 336 Å². The second kappa shape index (κ2) is 16.6. The lowest BCUT2D eigenvalue weighted by Crippen LogP contribution is -2.47. The highest BCUT2D eigenvalue weighted by Gasteiger charge is 2.39. The Morgan fingerprint density at radius 1 is 0.456 bits per heavy atom. The van der Waals surface area contributed by atoms with E-state index in [-0.39, 0.29) is 29.7 Å². The van der Waals surface area contributed by atoms with Gasteiger partial charge in [0.25, 0.3) is 23.6 Å². The van der Waals surface area contributed by atoms with Crippen molar-refractivity contribution < 1.29 is 19.2 Å². The second-order valence-electron chi connectivity index (χ2n) is 16.3. The lowest BCUT2D eigenvalue weighted by molar-refractivity contribution is 0.0516. The Morgan fingerprint density at radius 3 is 1.21 bits per heavy atom. The standard InChI is InChI=1S/C51H54N2O4/c1-4-7-9-11-13-15-17-19-34(20-18-16-14-12-10-8-5-2)52-48(54)40-29-25-36-38-27-31-42-47-43(51(57)53(50(42)56)35-23-21-33(6-3)22-24-35)32-28-39(45(38)47)37-26-30-41(49(52)55)46(40)44(36)37/h6,21-32,34H,3-5,7-20H2,1-2H3. The molecule has 0 saturated carbocycles. The maximum Gasteiger partial charge on any atom is 0.265 e. The molecule has 57 heavy (non-hydrogen) atoms. The van der Waals surface area contributed by atoms with E-state index in [4.69, 9.17) is 0 Å². The Hall–Kier alpha value is -5.36. The Bertz CT molecular complexity index is 2380. The highest BCUT2D eigenvalue weighted by molar-refractivity contribution is 6.43. The highest BCUT2D eigenvalue weighted by Crippen LogP contribution is 2.47.